The summed E-state index contributed by atoms with van der Waals surface area (Å²) in [5.74, 6) is 1.18. The minimum atomic E-state index is -0.0750. The Balaban J connectivity index is 2.04. The molecule has 2 aromatic rings. The summed E-state index contributed by atoms with van der Waals surface area (Å²) >= 11 is 0. The number of aryl methyl sites for hydroxylation is 1. The molecule has 0 aliphatic carbocycles. The predicted octanol–water partition coefficient (Wildman–Crippen LogP) is 3.71. The zero-order valence-electron chi connectivity index (χ0n) is 14.3. The number of hydrogen-bond acceptors (Lipinski definition) is 2. The summed E-state index contributed by atoms with van der Waals surface area (Å²) in [5, 5.41) is 3.10. The molecule has 0 atom stereocenters. The topological polar surface area (TPSA) is 59.6 Å². The summed E-state index contributed by atoms with van der Waals surface area (Å²) in [5.41, 5.74) is 9.30. The molecule has 0 saturated heterocycles. The smallest absolute Gasteiger partial charge is 0.193 e. The number of benzene rings is 2. The van der Waals surface area contributed by atoms with Crippen molar-refractivity contribution in [1.82, 2.24) is 0 Å². The van der Waals surface area contributed by atoms with Gasteiger partial charge in [0, 0.05) is 17.2 Å². The van der Waals surface area contributed by atoms with Crippen LogP contribution in [0.5, 0.6) is 5.75 Å². The molecule has 3 N–H and O–H groups in total. The van der Waals surface area contributed by atoms with Crippen LogP contribution < -0.4 is 15.8 Å². The molecular formula is C19H25N3O. The molecule has 0 fully saturated rings. The highest BCUT2D eigenvalue weighted by Crippen LogP contribution is 2.24. The third-order valence-electron chi connectivity index (χ3n) is 3.82. The van der Waals surface area contributed by atoms with Crippen LogP contribution in [0.2, 0.25) is 0 Å². The van der Waals surface area contributed by atoms with E-state index < -0.39 is 0 Å². The first-order valence-electron chi connectivity index (χ1n) is 7.69. The second-order valence-corrected chi connectivity index (χ2v) is 6.31. The van der Waals surface area contributed by atoms with Crippen LogP contribution in [0.3, 0.4) is 0 Å². The van der Waals surface area contributed by atoms with E-state index in [2.05, 4.69) is 55.3 Å². The molecule has 0 saturated carbocycles. The van der Waals surface area contributed by atoms with Gasteiger partial charge in [0.15, 0.2) is 5.96 Å². The van der Waals surface area contributed by atoms with Crippen LogP contribution in [0.1, 0.15) is 25.0 Å². The highest BCUT2D eigenvalue weighted by Gasteiger charge is 2.20. The molecular weight excluding hydrogens is 286 g/mol. The van der Waals surface area contributed by atoms with Crippen LogP contribution >= 0.6 is 0 Å². The van der Waals surface area contributed by atoms with E-state index in [1.54, 1.807) is 7.11 Å². The summed E-state index contributed by atoms with van der Waals surface area (Å²) in [6, 6.07) is 16.2. The van der Waals surface area contributed by atoms with Gasteiger partial charge in [-0.3, -0.25) is 4.99 Å². The molecule has 0 unspecified atom stereocenters. The first-order valence-corrected chi connectivity index (χ1v) is 7.69. The van der Waals surface area contributed by atoms with Crippen molar-refractivity contribution in [3.8, 4) is 5.75 Å². The number of hydrogen-bond donors (Lipinski definition) is 2. The van der Waals surface area contributed by atoms with Crippen LogP contribution in [-0.2, 0) is 5.41 Å². The van der Waals surface area contributed by atoms with Crippen molar-refractivity contribution in [1.29, 1.82) is 0 Å². The third-order valence-corrected chi connectivity index (χ3v) is 3.82. The van der Waals surface area contributed by atoms with Crippen LogP contribution in [0, 0.1) is 6.92 Å². The number of methoxy groups -OCH3 is 1. The fourth-order valence-electron chi connectivity index (χ4n) is 2.27. The van der Waals surface area contributed by atoms with Gasteiger partial charge in [-0.1, -0.05) is 49.7 Å². The van der Waals surface area contributed by atoms with Gasteiger partial charge in [0.2, 0.25) is 0 Å². The summed E-state index contributed by atoms with van der Waals surface area (Å²) in [7, 11) is 1.64. The lowest BCUT2D eigenvalue weighted by molar-refractivity contribution is 0.415. The fraction of sp³-hybridized carbons (Fsp3) is 0.316. The zero-order valence-corrected chi connectivity index (χ0v) is 14.3. The van der Waals surface area contributed by atoms with Gasteiger partial charge in [0.05, 0.1) is 13.7 Å². The highest BCUT2D eigenvalue weighted by atomic mass is 16.5. The van der Waals surface area contributed by atoms with E-state index in [1.165, 1.54) is 11.1 Å². The van der Waals surface area contributed by atoms with Crippen LogP contribution in [0.4, 0.5) is 5.69 Å². The highest BCUT2D eigenvalue weighted by molar-refractivity contribution is 5.92. The lowest BCUT2D eigenvalue weighted by Crippen LogP contribution is -2.27. The van der Waals surface area contributed by atoms with Crippen molar-refractivity contribution in [3.63, 3.8) is 0 Å². The molecule has 0 aliphatic rings. The van der Waals surface area contributed by atoms with E-state index in [4.69, 9.17) is 10.5 Å². The largest absolute Gasteiger partial charge is 0.497 e. The molecule has 0 spiro atoms. The van der Waals surface area contributed by atoms with Gasteiger partial charge in [0.25, 0.3) is 0 Å². The van der Waals surface area contributed by atoms with Crippen LogP contribution in [0.15, 0.2) is 53.5 Å². The van der Waals surface area contributed by atoms with Crippen LogP contribution in [0.25, 0.3) is 0 Å². The summed E-state index contributed by atoms with van der Waals surface area (Å²) in [4.78, 5) is 4.49. The SMILES string of the molecule is COc1cccc(NC(N)=NCC(C)(C)c2ccc(C)cc2)c1. The van der Waals surface area contributed by atoms with E-state index in [1.807, 2.05) is 24.3 Å². The number of nitrogens with one attached hydrogen (secondary N) is 1. The Kier molecular flexibility index (Phi) is 5.27. The Morgan fingerprint density at radius 3 is 2.52 bits per heavy atom. The number of nitrogens with two attached hydrogens (primary N) is 1. The van der Waals surface area contributed by atoms with Crippen molar-refractivity contribution < 1.29 is 4.74 Å². The molecule has 0 aromatic heterocycles. The minimum absolute atomic E-state index is 0.0750. The first-order chi connectivity index (χ1) is 10.9. The Hall–Kier alpha value is -2.49. The molecule has 0 bridgehead atoms. The van der Waals surface area contributed by atoms with E-state index in [-0.39, 0.29) is 5.41 Å². The lowest BCUT2D eigenvalue weighted by Gasteiger charge is -2.23. The van der Waals surface area contributed by atoms with Crippen molar-refractivity contribution in [2.45, 2.75) is 26.2 Å². The number of ether oxygens (including phenoxy) is 1. The molecule has 0 heterocycles. The Labute approximate surface area is 138 Å². The normalized spacial score (nSPS) is 12.1. The predicted molar refractivity (Wildman–Crippen MR) is 97.3 cm³/mol. The van der Waals surface area contributed by atoms with Gasteiger partial charge in [-0.2, -0.15) is 0 Å². The maximum absolute atomic E-state index is 6.00. The van der Waals surface area contributed by atoms with Gasteiger partial charge in [0.1, 0.15) is 5.75 Å². The molecule has 0 amide bonds. The molecule has 4 heteroatoms. The number of nitrogens with zero attached hydrogens (tertiary/aromatic N) is 1. The maximum Gasteiger partial charge on any atom is 0.193 e. The number of aliphatic imine (C=N–C) groups is 1. The quantitative estimate of drug-likeness (QED) is 0.654. The van der Waals surface area contributed by atoms with E-state index >= 15 is 0 Å². The average Bonchev–Trinajstić information content (AvgIpc) is 2.54. The van der Waals surface area contributed by atoms with Gasteiger partial charge in [-0.05, 0) is 24.6 Å². The molecule has 0 aliphatic heterocycles. The van der Waals surface area contributed by atoms with Crippen molar-refractivity contribution in [2.75, 3.05) is 19.0 Å². The van der Waals surface area contributed by atoms with Gasteiger partial charge in [-0.25, -0.2) is 0 Å². The maximum atomic E-state index is 6.00. The standard InChI is InChI=1S/C19H25N3O/c1-14-8-10-15(11-9-14)19(2,3)13-21-18(20)22-16-6-5-7-17(12-16)23-4/h5-12H,13H2,1-4H3,(H3,20,21,22). The summed E-state index contributed by atoms with van der Waals surface area (Å²) < 4.78 is 5.20. The second-order valence-electron chi connectivity index (χ2n) is 6.31. The number of rotatable bonds is 5. The first kappa shape index (κ1) is 16.9. The Morgan fingerprint density at radius 2 is 1.87 bits per heavy atom. The monoisotopic (exact) mass is 311 g/mol. The summed E-state index contributed by atoms with van der Waals surface area (Å²) in [6.45, 7) is 7.03. The number of guanidine groups is 1. The Morgan fingerprint density at radius 1 is 1.17 bits per heavy atom. The average molecular weight is 311 g/mol. The molecule has 4 nitrogen and oxygen atoms in total. The molecule has 23 heavy (non-hydrogen) atoms. The van der Waals surface area contributed by atoms with E-state index in [0.29, 0.717) is 12.5 Å². The third kappa shape index (κ3) is 4.74. The zero-order chi connectivity index (χ0) is 16.9. The van der Waals surface area contributed by atoms with E-state index in [9.17, 15) is 0 Å². The van der Waals surface area contributed by atoms with Crippen molar-refractivity contribution in [2.24, 2.45) is 10.7 Å². The minimum Gasteiger partial charge on any atom is -0.497 e. The molecule has 2 aromatic carbocycles. The van der Waals surface area contributed by atoms with Crippen LogP contribution in [-0.4, -0.2) is 19.6 Å². The van der Waals surface area contributed by atoms with Gasteiger partial charge >= 0.3 is 0 Å². The van der Waals surface area contributed by atoms with Crippen molar-refractivity contribution in [3.05, 3.63) is 59.7 Å². The fourth-order valence-corrected chi connectivity index (χ4v) is 2.27. The van der Waals surface area contributed by atoms with Gasteiger partial charge < -0.3 is 15.8 Å². The lowest BCUT2D eigenvalue weighted by atomic mass is 9.84. The molecule has 0 radical (unpaired) electrons. The molecule has 122 valence electrons. The number of anilines is 1. The second kappa shape index (κ2) is 7.18. The Bertz CT molecular complexity index is 675. The van der Waals surface area contributed by atoms with Gasteiger partial charge in [-0.15, -0.1) is 0 Å². The summed E-state index contributed by atoms with van der Waals surface area (Å²) in [6.07, 6.45) is 0. The van der Waals surface area contributed by atoms with Crippen molar-refractivity contribution >= 4 is 11.6 Å². The van der Waals surface area contributed by atoms with E-state index in [0.717, 1.165) is 11.4 Å². The molecule has 2 rings (SSSR count).